The number of hydrogen-bond donors (Lipinski definition) is 3. The number of aromatic nitrogens is 2. The van der Waals surface area contributed by atoms with Gasteiger partial charge in [-0.05, 0) is 49.1 Å². The zero-order chi connectivity index (χ0) is 35.1. The Kier molecular flexibility index (Phi) is 9.76. The fourth-order valence-corrected chi connectivity index (χ4v) is 6.64. The van der Waals surface area contributed by atoms with Crippen LogP contribution in [0, 0.1) is 5.41 Å². The maximum absolute atomic E-state index is 12.0. The van der Waals surface area contributed by atoms with Gasteiger partial charge in [0.1, 0.15) is 5.75 Å². The van der Waals surface area contributed by atoms with E-state index in [2.05, 4.69) is 23.8 Å². The van der Waals surface area contributed by atoms with Gasteiger partial charge in [0.25, 0.3) is 0 Å². The predicted octanol–water partition coefficient (Wildman–Crippen LogP) is 7.03. The van der Waals surface area contributed by atoms with Crippen molar-refractivity contribution in [3.05, 3.63) is 81.6 Å². The van der Waals surface area contributed by atoms with Crippen molar-refractivity contribution in [2.45, 2.75) is 38.7 Å². The molecule has 0 atom stereocenters. The lowest BCUT2D eigenvalue weighted by Crippen LogP contribution is -2.47. The number of hydrogen-bond acceptors (Lipinski definition) is 8. The Bertz CT molecular complexity index is 2040. The monoisotopic (exact) mass is 706 g/mol. The number of halogens is 2. The molecule has 0 unspecified atom stereocenters. The smallest absolute Gasteiger partial charge is 0.495 e. The molecule has 0 bridgehead atoms. The Balaban J connectivity index is 0.000000174. The first-order valence-electron chi connectivity index (χ1n) is 15.8. The van der Waals surface area contributed by atoms with E-state index < -0.39 is 24.7 Å². The standard InChI is InChI=1S/C21H20ClNO4.C15H17BClNO4/c1-26-19-8-12(21(25)6-3-7-21)4-5-13(19)14-9-15-16(20(24)27-2)11-23-18(15)10-17(14)22;1-15(2)7-21-16(22-8-15)11-4-9-10(14(19)20-3)6-18-13(9)5-12(11)17/h4-5,8-11,23,25H,3,6-7H2,1-2H3;4-6,18H,7-8H2,1-3H3. The fraction of sp³-hybridized carbons (Fsp3) is 0.333. The summed E-state index contributed by atoms with van der Waals surface area (Å²) in [5.74, 6) is -0.181. The highest BCUT2D eigenvalue weighted by atomic mass is 35.5. The molecule has 3 N–H and O–H groups in total. The molecule has 1 aliphatic carbocycles. The van der Waals surface area contributed by atoms with Crippen LogP contribution in [0.1, 0.15) is 59.4 Å². The lowest BCUT2D eigenvalue weighted by atomic mass is 9.75. The number of aliphatic hydroxyl groups is 1. The first kappa shape index (κ1) is 34.9. The molecule has 3 heterocycles. The number of H-pyrrole nitrogens is 2. The molecule has 2 fully saturated rings. The van der Waals surface area contributed by atoms with E-state index in [1.165, 1.54) is 14.2 Å². The SMILES string of the molecule is COC(=O)c1c[nH]c2cc(Cl)c(-c3ccc(C4(O)CCC4)cc3OC)cc12.COC(=O)c1c[nH]c2cc(Cl)c(B3OCC(C)(C)CO3)cc12. The normalized spacial score (nSPS) is 16.4. The van der Waals surface area contributed by atoms with Crippen molar-refractivity contribution in [2.24, 2.45) is 5.41 Å². The van der Waals surface area contributed by atoms with Crippen LogP contribution >= 0.6 is 23.2 Å². The Morgan fingerprint density at radius 3 is 1.92 bits per heavy atom. The third-order valence-corrected chi connectivity index (χ3v) is 9.73. The van der Waals surface area contributed by atoms with Crippen molar-refractivity contribution in [1.29, 1.82) is 0 Å². The molecular weight excluding hydrogens is 670 g/mol. The van der Waals surface area contributed by atoms with E-state index in [9.17, 15) is 14.7 Å². The third kappa shape index (κ3) is 6.78. The van der Waals surface area contributed by atoms with Crippen molar-refractivity contribution in [2.75, 3.05) is 34.5 Å². The second-order valence-corrected chi connectivity index (χ2v) is 13.9. The quantitative estimate of drug-likeness (QED) is 0.127. The van der Waals surface area contributed by atoms with Crippen LogP contribution in [0.15, 0.2) is 54.9 Å². The van der Waals surface area contributed by atoms with Gasteiger partial charge in [0, 0.05) is 74.4 Å². The minimum Gasteiger partial charge on any atom is -0.496 e. The Hall–Kier alpha value is -4.00. The van der Waals surface area contributed by atoms with E-state index in [1.54, 1.807) is 31.6 Å². The highest BCUT2D eigenvalue weighted by Gasteiger charge is 2.37. The molecule has 10 nitrogen and oxygen atoms in total. The summed E-state index contributed by atoms with van der Waals surface area (Å²) in [6.07, 6.45) is 5.76. The van der Waals surface area contributed by atoms with Gasteiger partial charge in [-0.3, -0.25) is 0 Å². The zero-order valence-electron chi connectivity index (χ0n) is 27.9. The number of benzene rings is 3. The van der Waals surface area contributed by atoms with Crippen LogP contribution in [-0.2, 0) is 24.4 Å². The number of ether oxygens (including phenoxy) is 3. The average Bonchev–Trinajstić information content (AvgIpc) is 3.69. The van der Waals surface area contributed by atoms with Gasteiger partial charge >= 0.3 is 19.1 Å². The summed E-state index contributed by atoms with van der Waals surface area (Å²) in [5.41, 5.74) is 4.77. The molecule has 1 saturated heterocycles. The summed E-state index contributed by atoms with van der Waals surface area (Å²) in [4.78, 5) is 29.9. The van der Waals surface area contributed by atoms with E-state index in [0.717, 1.165) is 63.2 Å². The number of fused-ring (bicyclic) bond motifs is 2. The van der Waals surface area contributed by atoms with E-state index >= 15 is 0 Å². The molecule has 7 rings (SSSR count). The molecule has 2 aliphatic rings. The van der Waals surface area contributed by atoms with Gasteiger partial charge in [-0.1, -0.05) is 55.2 Å². The minimum absolute atomic E-state index is 0.0155. The van der Waals surface area contributed by atoms with Crippen molar-refractivity contribution < 1.29 is 38.2 Å². The fourth-order valence-electron chi connectivity index (χ4n) is 6.12. The third-order valence-electron chi connectivity index (χ3n) is 9.09. The van der Waals surface area contributed by atoms with Crippen LogP contribution in [0.2, 0.25) is 10.0 Å². The Morgan fingerprint density at radius 1 is 0.816 bits per heavy atom. The second kappa shape index (κ2) is 13.7. The molecule has 3 aromatic carbocycles. The predicted molar refractivity (Wildman–Crippen MR) is 190 cm³/mol. The summed E-state index contributed by atoms with van der Waals surface area (Å²) >= 11 is 12.9. The second-order valence-electron chi connectivity index (χ2n) is 13.1. The first-order chi connectivity index (χ1) is 23.4. The molecule has 0 spiro atoms. The van der Waals surface area contributed by atoms with Crippen molar-refractivity contribution in [3.63, 3.8) is 0 Å². The van der Waals surface area contributed by atoms with Crippen LogP contribution in [0.25, 0.3) is 32.9 Å². The van der Waals surface area contributed by atoms with Gasteiger partial charge in [-0.25, -0.2) is 9.59 Å². The molecule has 5 aromatic rings. The summed E-state index contributed by atoms with van der Waals surface area (Å²) in [6.45, 7) is 5.33. The van der Waals surface area contributed by atoms with Gasteiger partial charge in [-0.15, -0.1) is 0 Å². The molecule has 0 radical (unpaired) electrons. The van der Waals surface area contributed by atoms with Crippen LogP contribution < -0.4 is 10.2 Å². The molecule has 49 heavy (non-hydrogen) atoms. The Labute approximate surface area is 294 Å². The van der Waals surface area contributed by atoms with Gasteiger partial charge in [0.2, 0.25) is 0 Å². The van der Waals surface area contributed by atoms with Crippen LogP contribution in [-0.4, -0.2) is 68.7 Å². The van der Waals surface area contributed by atoms with Crippen molar-refractivity contribution in [3.8, 4) is 16.9 Å². The van der Waals surface area contributed by atoms with Gasteiger partial charge in [-0.2, -0.15) is 0 Å². The number of carbonyl (C=O) groups is 2. The average molecular weight is 707 g/mol. The molecule has 1 aliphatic heterocycles. The minimum atomic E-state index is -0.766. The van der Waals surface area contributed by atoms with Gasteiger partial charge in [0.15, 0.2) is 0 Å². The molecule has 256 valence electrons. The van der Waals surface area contributed by atoms with Gasteiger partial charge in [0.05, 0.1) is 43.1 Å². The number of carbonyl (C=O) groups excluding carboxylic acids is 2. The van der Waals surface area contributed by atoms with Crippen molar-refractivity contribution >= 4 is 69.5 Å². The lowest BCUT2D eigenvalue weighted by Gasteiger charge is -2.37. The lowest BCUT2D eigenvalue weighted by molar-refractivity contribution is -0.0389. The first-order valence-corrected chi connectivity index (χ1v) is 16.6. The topological polar surface area (TPSA) is 132 Å². The van der Waals surface area contributed by atoms with E-state index in [0.29, 0.717) is 40.1 Å². The number of methoxy groups -OCH3 is 3. The molecule has 0 amide bonds. The van der Waals surface area contributed by atoms with Crippen LogP contribution in [0.3, 0.4) is 0 Å². The maximum Gasteiger partial charge on any atom is 0.495 e. The highest BCUT2D eigenvalue weighted by Crippen LogP contribution is 2.45. The highest BCUT2D eigenvalue weighted by molar-refractivity contribution is 6.65. The van der Waals surface area contributed by atoms with Gasteiger partial charge < -0.3 is 38.6 Å². The van der Waals surface area contributed by atoms with Crippen molar-refractivity contribution in [1.82, 2.24) is 9.97 Å². The van der Waals surface area contributed by atoms with Crippen LogP contribution in [0.4, 0.5) is 0 Å². The van der Waals surface area contributed by atoms with E-state index in [1.807, 2.05) is 30.3 Å². The molecule has 2 aromatic heterocycles. The summed E-state index contributed by atoms with van der Waals surface area (Å²) in [6, 6.07) is 12.9. The largest absolute Gasteiger partial charge is 0.496 e. The van der Waals surface area contributed by atoms with E-state index in [4.69, 9.17) is 46.7 Å². The van der Waals surface area contributed by atoms with E-state index in [-0.39, 0.29) is 5.41 Å². The zero-order valence-corrected chi connectivity index (χ0v) is 29.4. The molecule has 13 heteroatoms. The summed E-state index contributed by atoms with van der Waals surface area (Å²) in [7, 11) is 3.78. The summed E-state index contributed by atoms with van der Waals surface area (Å²) in [5, 5.41) is 13.2. The maximum atomic E-state index is 12.0. The Morgan fingerprint density at radius 2 is 1.39 bits per heavy atom. The molecular formula is C36H37BCl2N2O8. The summed E-state index contributed by atoms with van der Waals surface area (Å²) < 4.78 is 26.8. The number of aromatic amines is 2. The van der Waals surface area contributed by atoms with Crippen LogP contribution in [0.5, 0.6) is 5.75 Å². The number of esters is 2. The number of rotatable bonds is 6. The number of nitrogens with one attached hydrogen (secondary N) is 2. The molecule has 1 saturated carbocycles.